The summed E-state index contributed by atoms with van der Waals surface area (Å²) in [5.41, 5.74) is 0.515. The summed E-state index contributed by atoms with van der Waals surface area (Å²) in [6.07, 6.45) is 0.868. The molecule has 1 aromatic rings. The van der Waals surface area contributed by atoms with Crippen LogP contribution in [0.2, 0.25) is 18.1 Å². The normalized spacial score (nSPS) is 13.5. The number of aldehydes is 1. The van der Waals surface area contributed by atoms with Gasteiger partial charge in [0.2, 0.25) is 0 Å². The van der Waals surface area contributed by atoms with E-state index in [0.29, 0.717) is 17.2 Å². The molecular formula is C16H27O4PSi. The zero-order valence-electron chi connectivity index (χ0n) is 14.5. The second-order valence-electron chi connectivity index (χ2n) is 6.78. The average Bonchev–Trinajstić information content (AvgIpc) is 2.44. The van der Waals surface area contributed by atoms with Crippen molar-refractivity contribution in [3.63, 3.8) is 0 Å². The maximum Gasteiger partial charge on any atom is 0.250 e. The molecule has 0 amide bonds. The summed E-state index contributed by atoms with van der Waals surface area (Å²) in [6.45, 7) is 10.9. The molecule has 0 heterocycles. The maximum atomic E-state index is 11.0. The first kappa shape index (κ1) is 19.0. The van der Waals surface area contributed by atoms with Crippen LogP contribution in [0.4, 0.5) is 0 Å². The Balaban J connectivity index is 3.38. The molecule has 0 fully saturated rings. The van der Waals surface area contributed by atoms with Gasteiger partial charge in [-0.25, -0.2) is 0 Å². The van der Waals surface area contributed by atoms with Gasteiger partial charge in [-0.1, -0.05) is 20.8 Å². The van der Waals surface area contributed by atoms with E-state index >= 15 is 0 Å². The molecule has 6 heteroatoms. The van der Waals surface area contributed by atoms with Gasteiger partial charge in [0.25, 0.3) is 8.32 Å². The zero-order chi connectivity index (χ0) is 17.1. The largest absolute Gasteiger partial charge is 0.539 e. The third-order valence-electron chi connectivity index (χ3n) is 4.18. The summed E-state index contributed by atoms with van der Waals surface area (Å²) in [4.78, 5) is 11.0. The molecule has 124 valence electrons. The van der Waals surface area contributed by atoms with Gasteiger partial charge in [-0.3, -0.25) is 0 Å². The molecule has 0 N–H and O–H groups in total. The van der Waals surface area contributed by atoms with Crippen LogP contribution >= 0.6 is 9.24 Å². The average molecular weight is 342 g/mol. The Labute approximate surface area is 136 Å². The lowest BCUT2D eigenvalue weighted by Crippen LogP contribution is -2.44. The molecule has 0 aliphatic heterocycles. The van der Waals surface area contributed by atoms with Crippen molar-refractivity contribution in [3.8, 4) is 17.2 Å². The van der Waals surface area contributed by atoms with Crippen molar-refractivity contribution in [3.05, 3.63) is 17.7 Å². The number of hydrogen-bond acceptors (Lipinski definition) is 4. The van der Waals surface area contributed by atoms with Crippen molar-refractivity contribution in [2.75, 3.05) is 14.2 Å². The van der Waals surface area contributed by atoms with Crippen molar-refractivity contribution in [1.82, 2.24) is 0 Å². The van der Waals surface area contributed by atoms with E-state index < -0.39 is 8.32 Å². The van der Waals surface area contributed by atoms with E-state index in [1.54, 1.807) is 14.2 Å². The monoisotopic (exact) mass is 342 g/mol. The Morgan fingerprint density at radius 2 is 1.59 bits per heavy atom. The van der Waals surface area contributed by atoms with Crippen LogP contribution in [0, 0.1) is 0 Å². The highest BCUT2D eigenvalue weighted by atomic mass is 31.0. The fourth-order valence-corrected chi connectivity index (χ4v) is 2.89. The molecule has 0 radical (unpaired) electrons. The smallest absolute Gasteiger partial charge is 0.250 e. The van der Waals surface area contributed by atoms with E-state index in [1.165, 1.54) is 0 Å². The summed E-state index contributed by atoms with van der Waals surface area (Å²) >= 11 is 0. The lowest BCUT2D eigenvalue weighted by molar-refractivity contribution is -0.107. The van der Waals surface area contributed by atoms with Gasteiger partial charge >= 0.3 is 0 Å². The van der Waals surface area contributed by atoms with Gasteiger partial charge in [0.15, 0.2) is 17.2 Å². The molecule has 1 rings (SSSR count). The van der Waals surface area contributed by atoms with Gasteiger partial charge in [-0.05, 0) is 35.8 Å². The number of hydrogen-bond donors (Lipinski definition) is 0. The molecule has 0 aliphatic rings. The summed E-state index contributed by atoms with van der Waals surface area (Å²) in [7, 11) is 3.66. The topological polar surface area (TPSA) is 44.8 Å². The van der Waals surface area contributed by atoms with Crippen molar-refractivity contribution < 1.29 is 18.7 Å². The zero-order valence-corrected chi connectivity index (χ0v) is 16.7. The fourth-order valence-electron chi connectivity index (χ4n) is 1.68. The van der Waals surface area contributed by atoms with Crippen molar-refractivity contribution >= 4 is 23.8 Å². The molecular weight excluding hydrogens is 315 g/mol. The first-order valence-corrected chi connectivity index (χ1v) is 10.8. The van der Waals surface area contributed by atoms with Crippen molar-refractivity contribution in [2.24, 2.45) is 0 Å². The SMILES string of the molecule is COc1cc(C(P)C=O)cc(OC)c1O[Si](C)(C)C(C)(C)C. The van der Waals surface area contributed by atoms with Crippen LogP contribution in [0.25, 0.3) is 0 Å². The number of benzene rings is 1. The van der Waals surface area contributed by atoms with Crippen LogP contribution in [0.15, 0.2) is 12.1 Å². The minimum absolute atomic E-state index is 0.0631. The Hall–Kier alpha value is -1.06. The van der Waals surface area contributed by atoms with Gasteiger partial charge in [0.05, 0.1) is 19.9 Å². The molecule has 0 aromatic heterocycles. The molecule has 0 bridgehead atoms. The van der Waals surface area contributed by atoms with E-state index in [1.807, 2.05) is 12.1 Å². The molecule has 0 saturated carbocycles. The van der Waals surface area contributed by atoms with E-state index in [-0.39, 0.29) is 10.7 Å². The van der Waals surface area contributed by atoms with Crippen LogP contribution in [0.3, 0.4) is 0 Å². The molecule has 4 nitrogen and oxygen atoms in total. The number of carbonyl (C=O) groups is 1. The van der Waals surface area contributed by atoms with E-state index in [9.17, 15) is 4.79 Å². The second-order valence-corrected chi connectivity index (χ2v) is 12.2. The van der Waals surface area contributed by atoms with Crippen molar-refractivity contribution in [1.29, 1.82) is 0 Å². The van der Waals surface area contributed by atoms with Crippen LogP contribution in [0.5, 0.6) is 17.2 Å². The second kappa shape index (κ2) is 7.01. The lowest BCUT2D eigenvalue weighted by Gasteiger charge is -2.37. The molecule has 22 heavy (non-hydrogen) atoms. The summed E-state index contributed by atoms with van der Waals surface area (Å²) in [5, 5.41) is 0.0631. The van der Waals surface area contributed by atoms with Gasteiger partial charge < -0.3 is 18.7 Å². The predicted molar refractivity (Wildman–Crippen MR) is 95.9 cm³/mol. The first-order chi connectivity index (χ1) is 10.1. The third-order valence-corrected chi connectivity index (χ3v) is 9.05. The highest BCUT2D eigenvalue weighted by Gasteiger charge is 2.40. The lowest BCUT2D eigenvalue weighted by atomic mass is 10.1. The highest BCUT2D eigenvalue weighted by Crippen LogP contribution is 2.46. The van der Waals surface area contributed by atoms with Gasteiger partial charge in [0.1, 0.15) is 6.29 Å². The minimum atomic E-state index is -2.03. The Bertz CT molecular complexity index is 512. The Morgan fingerprint density at radius 3 is 1.91 bits per heavy atom. The Kier molecular flexibility index (Phi) is 6.05. The number of methoxy groups -OCH3 is 2. The summed E-state index contributed by atoms with van der Waals surface area (Å²) in [6, 6.07) is 3.66. The standard InChI is InChI=1S/C16H27O4PSi/c1-16(2,3)22(6,7)20-15-12(18-4)8-11(14(21)10-17)9-13(15)19-5/h8-10,14H,21H2,1-7H3. The van der Waals surface area contributed by atoms with Crippen LogP contribution in [0.1, 0.15) is 32.0 Å². The van der Waals surface area contributed by atoms with Crippen molar-refractivity contribution in [2.45, 2.75) is 44.6 Å². The molecule has 1 aromatic carbocycles. The molecule has 0 aliphatic carbocycles. The van der Waals surface area contributed by atoms with E-state index in [4.69, 9.17) is 13.9 Å². The Morgan fingerprint density at radius 1 is 1.14 bits per heavy atom. The maximum absolute atomic E-state index is 11.0. The molecule has 0 spiro atoms. The number of ether oxygens (including phenoxy) is 2. The van der Waals surface area contributed by atoms with Gasteiger partial charge in [-0.15, -0.1) is 9.24 Å². The van der Waals surface area contributed by atoms with Crippen LogP contribution < -0.4 is 13.9 Å². The van der Waals surface area contributed by atoms with E-state index in [2.05, 4.69) is 43.1 Å². The summed E-state index contributed by atoms with van der Waals surface area (Å²) < 4.78 is 17.3. The van der Waals surface area contributed by atoms with E-state index in [0.717, 1.165) is 11.8 Å². The first-order valence-electron chi connectivity index (χ1n) is 7.23. The molecule has 0 saturated heterocycles. The number of carbonyl (C=O) groups excluding carboxylic acids is 1. The fraction of sp³-hybridized carbons (Fsp3) is 0.562. The number of rotatable bonds is 6. The molecule has 2 unspecified atom stereocenters. The highest BCUT2D eigenvalue weighted by molar-refractivity contribution is 7.18. The third kappa shape index (κ3) is 4.02. The van der Waals surface area contributed by atoms with Crippen LogP contribution in [-0.4, -0.2) is 28.8 Å². The quantitative estimate of drug-likeness (QED) is 0.441. The summed E-state index contributed by atoms with van der Waals surface area (Å²) in [5.74, 6) is 1.80. The van der Waals surface area contributed by atoms with Crippen LogP contribution in [-0.2, 0) is 4.79 Å². The molecule has 2 atom stereocenters. The predicted octanol–water partition coefficient (Wildman–Crippen LogP) is 4.20. The minimum Gasteiger partial charge on any atom is -0.539 e. The van der Waals surface area contributed by atoms with Gasteiger partial charge in [0, 0.05) is 0 Å². The van der Waals surface area contributed by atoms with Gasteiger partial charge in [-0.2, -0.15) is 0 Å².